The second kappa shape index (κ2) is 6.88. The summed E-state index contributed by atoms with van der Waals surface area (Å²) in [6.07, 6.45) is 11.3. The maximum absolute atomic E-state index is 9.81. The molecule has 0 radical (unpaired) electrons. The van der Waals surface area contributed by atoms with Crippen molar-refractivity contribution in [2.45, 2.75) is 66.2 Å². The highest BCUT2D eigenvalue weighted by Crippen LogP contribution is 2.61. The molecule has 0 unspecified atom stereocenters. The molecule has 2 aliphatic carbocycles. The van der Waals surface area contributed by atoms with E-state index in [9.17, 15) is 5.11 Å². The van der Waals surface area contributed by atoms with Crippen LogP contribution in [0.1, 0.15) is 66.2 Å². The van der Waals surface area contributed by atoms with Crippen molar-refractivity contribution in [2.75, 3.05) is 13.2 Å². The Balaban J connectivity index is 2.25. The third-order valence-corrected chi connectivity index (χ3v) is 7.04. The van der Waals surface area contributed by atoms with Crippen LogP contribution in [-0.4, -0.2) is 23.4 Å². The maximum atomic E-state index is 9.81. The summed E-state index contributed by atoms with van der Waals surface area (Å²) < 4.78 is 0. The fourth-order valence-corrected chi connectivity index (χ4v) is 5.17. The monoisotopic (exact) mass is 306 g/mol. The zero-order valence-corrected chi connectivity index (χ0v) is 14.9. The largest absolute Gasteiger partial charge is 0.392 e. The molecule has 0 aromatic carbocycles. The van der Waals surface area contributed by atoms with Crippen molar-refractivity contribution >= 4 is 0 Å². The van der Waals surface area contributed by atoms with E-state index in [1.807, 2.05) is 6.08 Å². The summed E-state index contributed by atoms with van der Waals surface area (Å²) in [7, 11) is 0. The van der Waals surface area contributed by atoms with E-state index in [2.05, 4.69) is 33.8 Å². The first-order chi connectivity index (χ1) is 10.4. The highest BCUT2D eigenvalue weighted by Gasteiger charge is 2.53. The average Bonchev–Trinajstić information content (AvgIpc) is 2.49. The van der Waals surface area contributed by atoms with E-state index in [1.54, 1.807) is 0 Å². The van der Waals surface area contributed by atoms with Crippen LogP contribution in [0.5, 0.6) is 0 Å². The van der Waals surface area contributed by atoms with Crippen LogP contribution in [0.3, 0.4) is 0 Å². The third kappa shape index (κ3) is 3.05. The Morgan fingerprint density at radius 2 is 2.05 bits per heavy atom. The van der Waals surface area contributed by atoms with E-state index in [-0.39, 0.29) is 18.6 Å². The van der Waals surface area contributed by atoms with Crippen molar-refractivity contribution in [2.24, 2.45) is 22.7 Å². The molecule has 0 bridgehead atoms. The number of hydrogen-bond acceptors (Lipinski definition) is 2. The minimum absolute atomic E-state index is 0.149. The topological polar surface area (TPSA) is 40.5 Å². The predicted octanol–water partition coefficient (Wildman–Crippen LogP) is 4.48. The van der Waals surface area contributed by atoms with E-state index < -0.39 is 0 Å². The number of allylic oxidation sites excluding steroid dienone is 2. The van der Waals surface area contributed by atoms with Crippen LogP contribution in [0, 0.1) is 22.7 Å². The van der Waals surface area contributed by atoms with Gasteiger partial charge in [0, 0.05) is 0 Å². The lowest BCUT2D eigenvalue weighted by Gasteiger charge is -2.58. The normalized spacial score (nSPS) is 39.4. The van der Waals surface area contributed by atoms with Gasteiger partial charge in [-0.3, -0.25) is 0 Å². The number of aliphatic hydroxyl groups is 2. The van der Waals surface area contributed by atoms with Gasteiger partial charge < -0.3 is 10.2 Å². The quantitative estimate of drug-likeness (QED) is 0.735. The zero-order valence-electron chi connectivity index (χ0n) is 14.9. The van der Waals surface area contributed by atoms with Gasteiger partial charge in [-0.05, 0) is 73.7 Å². The van der Waals surface area contributed by atoms with Gasteiger partial charge in [0.05, 0.1) is 13.2 Å². The van der Waals surface area contributed by atoms with E-state index in [0.29, 0.717) is 11.3 Å². The minimum Gasteiger partial charge on any atom is -0.392 e. The van der Waals surface area contributed by atoms with Crippen LogP contribution in [0.2, 0.25) is 0 Å². The molecule has 1 saturated carbocycles. The van der Waals surface area contributed by atoms with Crippen molar-refractivity contribution in [3.8, 4) is 0 Å². The summed E-state index contributed by atoms with van der Waals surface area (Å²) in [4.78, 5) is 0. The maximum Gasteiger partial charge on any atom is 0.0647 e. The third-order valence-electron chi connectivity index (χ3n) is 7.04. The van der Waals surface area contributed by atoms with Crippen LogP contribution in [0.25, 0.3) is 0 Å². The highest BCUT2D eigenvalue weighted by atomic mass is 16.3. The molecule has 0 amide bonds. The molecular formula is C20H34O2. The van der Waals surface area contributed by atoms with Crippen molar-refractivity contribution in [1.82, 2.24) is 0 Å². The van der Waals surface area contributed by atoms with Crippen molar-refractivity contribution in [3.05, 3.63) is 23.3 Å². The molecule has 0 spiro atoms. The molecule has 2 heteroatoms. The average molecular weight is 306 g/mol. The fourth-order valence-electron chi connectivity index (χ4n) is 5.17. The molecule has 2 rings (SSSR count). The Labute approximate surface area is 136 Å². The van der Waals surface area contributed by atoms with Crippen LogP contribution in [0.4, 0.5) is 0 Å². The van der Waals surface area contributed by atoms with Gasteiger partial charge in [-0.15, -0.1) is 0 Å². The number of hydrogen-bond donors (Lipinski definition) is 2. The summed E-state index contributed by atoms with van der Waals surface area (Å²) in [5.74, 6) is 1.39. The van der Waals surface area contributed by atoms with Crippen LogP contribution in [-0.2, 0) is 0 Å². The van der Waals surface area contributed by atoms with Crippen LogP contribution < -0.4 is 0 Å². The number of rotatable bonds is 5. The van der Waals surface area contributed by atoms with Gasteiger partial charge in [0.2, 0.25) is 0 Å². The lowest BCUT2D eigenvalue weighted by molar-refractivity contribution is -0.0507. The SMILES string of the molecule is C/C(=C/CO)CC[C@]1(C)[C@@H](C)CC[C@]2(C)C(CO)=CCC[C@@H]12. The summed E-state index contributed by atoms with van der Waals surface area (Å²) in [6, 6.07) is 0. The molecular weight excluding hydrogens is 272 g/mol. The van der Waals surface area contributed by atoms with E-state index >= 15 is 0 Å². The smallest absolute Gasteiger partial charge is 0.0647 e. The molecule has 0 aromatic heterocycles. The fraction of sp³-hybridized carbons (Fsp3) is 0.800. The highest BCUT2D eigenvalue weighted by molar-refractivity contribution is 5.23. The molecule has 4 atom stereocenters. The number of fused-ring (bicyclic) bond motifs is 1. The summed E-state index contributed by atoms with van der Waals surface area (Å²) >= 11 is 0. The van der Waals surface area contributed by atoms with Gasteiger partial charge in [0.15, 0.2) is 0 Å². The first-order valence-corrected chi connectivity index (χ1v) is 8.95. The van der Waals surface area contributed by atoms with E-state index in [1.165, 1.54) is 36.8 Å². The first kappa shape index (κ1) is 17.7. The Bertz CT molecular complexity index is 451. The summed E-state index contributed by atoms with van der Waals surface area (Å²) in [6.45, 7) is 9.79. The molecule has 22 heavy (non-hydrogen) atoms. The summed E-state index contributed by atoms with van der Waals surface area (Å²) in [5, 5.41) is 18.9. The van der Waals surface area contributed by atoms with Gasteiger partial charge >= 0.3 is 0 Å². The van der Waals surface area contributed by atoms with Crippen LogP contribution in [0.15, 0.2) is 23.3 Å². The van der Waals surface area contributed by atoms with E-state index in [0.717, 1.165) is 18.8 Å². The Kier molecular flexibility index (Phi) is 5.55. The molecule has 1 fully saturated rings. The number of aliphatic hydroxyl groups excluding tert-OH is 2. The minimum atomic E-state index is 0.149. The van der Waals surface area contributed by atoms with Crippen LogP contribution >= 0.6 is 0 Å². The predicted molar refractivity (Wildman–Crippen MR) is 92.6 cm³/mol. The molecule has 0 heterocycles. The lowest BCUT2D eigenvalue weighted by atomic mass is 9.47. The molecule has 2 N–H and O–H groups in total. The molecule has 0 aliphatic heterocycles. The molecule has 126 valence electrons. The Morgan fingerprint density at radius 3 is 2.68 bits per heavy atom. The lowest BCUT2D eigenvalue weighted by Crippen LogP contribution is -2.50. The second-order valence-electron chi connectivity index (χ2n) is 8.11. The van der Waals surface area contributed by atoms with Gasteiger partial charge in [-0.25, -0.2) is 0 Å². The standard InChI is InChI=1S/C20H34O2/c1-15(10-13-21)8-11-19(3)16(2)9-12-20(4)17(14-22)6-5-7-18(19)20/h6,10,16,18,21-22H,5,7-9,11-14H2,1-4H3/b15-10-/t16-,18-,19+,20+/m0/s1. The van der Waals surface area contributed by atoms with Crippen molar-refractivity contribution in [3.63, 3.8) is 0 Å². The molecule has 2 aliphatic rings. The molecule has 0 saturated heterocycles. The Hall–Kier alpha value is -0.600. The zero-order chi connectivity index (χ0) is 16.4. The molecule has 2 nitrogen and oxygen atoms in total. The first-order valence-electron chi connectivity index (χ1n) is 8.95. The molecule has 0 aromatic rings. The van der Waals surface area contributed by atoms with Crippen molar-refractivity contribution < 1.29 is 10.2 Å². The Morgan fingerprint density at radius 1 is 1.32 bits per heavy atom. The summed E-state index contributed by atoms with van der Waals surface area (Å²) in [5.41, 5.74) is 3.09. The van der Waals surface area contributed by atoms with Gasteiger partial charge in [0.25, 0.3) is 0 Å². The van der Waals surface area contributed by atoms with E-state index in [4.69, 9.17) is 5.11 Å². The second-order valence-corrected chi connectivity index (χ2v) is 8.11. The van der Waals surface area contributed by atoms with Gasteiger partial charge in [-0.1, -0.05) is 38.5 Å². The van der Waals surface area contributed by atoms with Gasteiger partial charge in [-0.2, -0.15) is 0 Å². The van der Waals surface area contributed by atoms with Gasteiger partial charge in [0.1, 0.15) is 0 Å². The van der Waals surface area contributed by atoms with Crippen molar-refractivity contribution in [1.29, 1.82) is 0 Å².